The Morgan fingerprint density at radius 1 is 1.19 bits per heavy atom. The van der Waals surface area contributed by atoms with Crippen LogP contribution in [0, 0.1) is 6.92 Å². The molecule has 0 saturated heterocycles. The molecule has 3 nitrogen and oxygen atoms in total. The highest BCUT2D eigenvalue weighted by atomic mass is 16.5. The third-order valence-corrected chi connectivity index (χ3v) is 2.32. The summed E-state index contributed by atoms with van der Waals surface area (Å²) in [6.45, 7) is 3.63. The third kappa shape index (κ3) is 3.12. The molecule has 0 aliphatic carbocycles. The van der Waals surface area contributed by atoms with E-state index in [0.717, 1.165) is 31.0 Å². The van der Waals surface area contributed by atoms with E-state index in [1.165, 1.54) is 0 Å². The predicted molar refractivity (Wildman–Crippen MR) is 63.5 cm³/mol. The van der Waals surface area contributed by atoms with Crippen molar-refractivity contribution in [3.63, 3.8) is 0 Å². The first kappa shape index (κ1) is 10.7. The van der Waals surface area contributed by atoms with Crippen molar-refractivity contribution >= 4 is 0 Å². The van der Waals surface area contributed by atoms with Crippen LogP contribution >= 0.6 is 0 Å². The van der Waals surface area contributed by atoms with E-state index in [0.29, 0.717) is 0 Å². The number of hydrogen-bond donors (Lipinski definition) is 0. The quantitative estimate of drug-likeness (QED) is 0.718. The fourth-order valence-electron chi connectivity index (χ4n) is 1.52. The molecule has 0 amide bonds. The summed E-state index contributed by atoms with van der Waals surface area (Å²) in [5.41, 5.74) is 1.06. The van der Waals surface area contributed by atoms with Gasteiger partial charge >= 0.3 is 0 Å². The Balaban J connectivity index is 1.69. The summed E-state index contributed by atoms with van der Waals surface area (Å²) in [6, 6.07) is 11.9. The summed E-state index contributed by atoms with van der Waals surface area (Å²) in [4.78, 5) is 0. The number of ether oxygens (including phenoxy) is 1. The second-order valence-electron chi connectivity index (χ2n) is 3.74. The molecule has 0 saturated carbocycles. The zero-order valence-electron chi connectivity index (χ0n) is 9.47. The highest BCUT2D eigenvalue weighted by molar-refractivity contribution is 5.20. The van der Waals surface area contributed by atoms with Crippen LogP contribution in [0.4, 0.5) is 0 Å². The Hall–Kier alpha value is -1.77. The molecule has 1 heterocycles. The molecular weight excluding hydrogens is 200 g/mol. The number of aromatic nitrogens is 2. The van der Waals surface area contributed by atoms with Gasteiger partial charge in [-0.2, -0.15) is 5.10 Å². The van der Waals surface area contributed by atoms with Crippen molar-refractivity contribution < 1.29 is 4.74 Å². The molecule has 0 fully saturated rings. The van der Waals surface area contributed by atoms with Crippen LogP contribution in [0.15, 0.2) is 42.6 Å². The molecule has 2 aromatic rings. The SMILES string of the molecule is Cc1ccn(CCCOc2ccccc2)n1. The van der Waals surface area contributed by atoms with Gasteiger partial charge in [-0.25, -0.2) is 0 Å². The summed E-state index contributed by atoms with van der Waals surface area (Å²) in [7, 11) is 0. The number of para-hydroxylation sites is 1. The van der Waals surface area contributed by atoms with Gasteiger partial charge < -0.3 is 4.74 Å². The van der Waals surface area contributed by atoms with Crippen LogP contribution in [0.5, 0.6) is 5.75 Å². The number of hydrogen-bond acceptors (Lipinski definition) is 2. The molecule has 3 heteroatoms. The largest absolute Gasteiger partial charge is 0.494 e. The summed E-state index contributed by atoms with van der Waals surface area (Å²) in [6.07, 6.45) is 2.97. The Labute approximate surface area is 95.7 Å². The van der Waals surface area contributed by atoms with Gasteiger partial charge in [-0.05, 0) is 25.1 Å². The minimum atomic E-state index is 0.725. The Bertz CT molecular complexity index is 423. The van der Waals surface area contributed by atoms with E-state index in [9.17, 15) is 0 Å². The minimum absolute atomic E-state index is 0.725. The molecule has 0 radical (unpaired) electrons. The van der Waals surface area contributed by atoms with Crippen molar-refractivity contribution in [2.75, 3.05) is 6.61 Å². The standard InChI is InChI=1S/C13H16N2O/c1-12-8-10-15(14-12)9-5-11-16-13-6-3-2-4-7-13/h2-4,6-8,10H,5,9,11H2,1H3. The maximum absolute atomic E-state index is 5.59. The van der Waals surface area contributed by atoms with Gasteiger partial charge in [0.15, 0.2) is 0 Å². The average molecular weight is 216 g/mol. The van der Waals surface area contributed by atoms with Crippen molar-refractivity contribution in [3.05, 3.63) is 48.3 Å². The molecule has 1 aromatic carbocycles. The lowest BCUT2D eigenvalue weighted by Gasteiger charge is -2.05. The monoisotopic (exact) mass is 216 g/mol. The van der Waals surface area contributed by atoms with Gasteiger partial charge in [0, 0.05) is 19.2 Å². The number of rotatable bonds is 5. The molecule has 0 N–H and O–H groups in total. The van der Waals surface area contributed by atoms with Crippen molar-refractivity contribution in [1.82, 2.24) is 9.78 Å². The van der Waals surface area contributed by atoms with Gasteiger partial charge in [0.2, 0.25) is 0 Å². The summed E-state index contributed by atoms with van der Waals surface area (Å²) < 4.78 is 7.54. The molecule has 0 spiro atoms. The third-order valence-electron chi connectivity index (χ3n) is 2.32. The minimum Gasteiger partial charge on any atom is -0.494 e. The van der Waals surface area contributed by atoms with E-state index >= 15 is 0 Å². The maximum atomic E-state index is 5.59. The molecule has 0 unspecified atom stereocenters. The first-order valence-electron chi connectivity index (χ1n) is 5.52. The normalized spacial score (nSPS) is 10.3. The second-order valence-corrected chi connectivity index (χ2v) is 3.74. The topological polar surface area (TPSA) is 27.1 Å². The van der Waals surface area contributed by atoms with Gasteiger partial charge in [0.1, 0.15) is 5.75 Å². The Morgan fingerprint density at radius 2 is 2.00 bits per heavy atom. The highest BCUT2D eigenvalue weighted by Crippen LogP contribution is 2.08. The van der Waals surface area contributed by atoms with Crippen LogP contribution in [-0.4, -0.2) is 16.4 Å². The number of nitrogens with zero attached hydrogens (tertiary/aromatic N) is 2. The molecule has 16 heavy (non-hydrogen) atoms. The molecular formula is C13H16N2O. The van der Waals surface area contributed by atoms with Gasteiger partial charge in [-0.3, -0.25) is 4.68 Å². The van der Waals surface area contributed by atoms with Crippen LogP contribution in [0.2, 0.25) is 0 Å². The Morgan fingerprint density at radius 3 is 2.69 bits per heavy atom. The lowest BCUT2D eigenvalue weighted by Crippen LogP contribution is -2.05. The van der Waals surface area contributed by atoms with E-state index in [1.54, 1.807) is 0 Å². The van der Waals surface area contributed by atoms with Gasteiger partial charge in [-0.15, -0.1) is 0 Å². The van der Waals surface area contributed by atoms with E-state index in [1.807, 2.05) is 54.2 Å². The highest BCUT2D eigenvalue weighted by Gasteiger charge is 1.95. The van der Waals surface area contributed by atoms with Crippen molar-refractivity contribution in [2.45, 2.75) is 19.9 Å². The average Bonchev–Trinajstić information content (AvgIpc) is 2.72. The van der Waals surface area contributed by atoms with Gasteiger partial charge in [0.05, 0.1) is 12.3 Å². The van der Waals surface area contributed by atoms with Crippen LogP contribution in [0.3, 0.4) is 0 Å². The Kier molecular flexibility index (Phi) is 3.59. The van der Waals surface area contributed by atoms with E-state index in [2.05, 4.69) is 5.10 Å². The molecule has 0 aliphatic heterocycles. The van der Waals surface area contributed by atoms with Crippen molar-refractivity contribution in [2.24, 2.45) is 0 Å². The fourth-order valence-corrected chi connectivity index (χ4v) is 1.52. The van der Waals surface area contributed by atoms with Crippen LogP contribution in [-0.2, 0) is 6.54 Å². The first-order valence-corrected chi connectivity index (χ1v) is 5.52. The molecule has 0 atom stereocenters. The molecule has 84 valence electrons. The zero-order chi connectivity index (χ0) is 11.2. The van der Waals surface area contributed by atoms with Crippen LogP contribution in [0.25, 0.3) is 0 Å². The van der Waals surface area contributed by atoms with E-state index in [-0.39, 0.29) is 0 Å². The van der Waals surface area contributed by atoms with Gasteiger partial charge in [0.25, 0.3) is 0 Å². The second kappa shape index (κ2) is 5.35. The van der Waals surface area contributed by atoms with Crippen molar-refractivity contribution in [3.8, 4) is 5.75 Å². The smallest absolute Gasteiger partial charge is 0.119 e. The van der Waals surface area contributed by atoms with E-state index in [4.69, 9.17) is 4.74 Å². The van der Waals surface area contributed by atoms with Crippen LogP contribution < -0.4 is 4.74 Å². The lowest BCUT2D eigenvalue weighted by molar-refractivity contribution is 0.298. The number of aryl methyl sites for hydroxylation is 2. The maximum Gasteiger partial charge on any atom is 0.119 e. The van der Waals surface area contributed by atoms with Gasteiger partial charge in [-0.1, -0.05) is 18.2 Å². The van der Waals surface area contributed by atoms with E-state index < -0.39 is 0 Å². The zero-order valence-corrected chi connectivity index (χ0v) is 9.47. The molecule has 1 aromatic heterocycles. The summed E-state index contributed by atoms with van der Waals surface area (Å²) >= 11 is 0. The molecule has 0 bridgehead atoms. The fraction of sp³-hybridized carbons (Fsp3) is 0.308. The molecule has 2 rings (SSSR count). The predicted octanol–water partition coefficient (Wildman–Crippen LogP) is 2.66. The summed E-state index contributed by atoms with van der Waals surface area (Å²) in [5.74, 6) is 0.930. The van der Waals surface area contributed by atoms with Crippen molar-refractivity contribution in [1.29, 1.82) is 0 Å². The van der Waals surface area contributed by atoms with Crippen LogP contribution in [0.1, 0.15) is 12.1 Å². The first-order chi connectivity index (χ1) is 7.84. The molecule has 0 aliphatic rings. The summed E-state index contributed by atoms with van der Waals surface area (Å²) in [5, 5.41) is 4.32. The lowest BCUT2D eigenvalue weighted by atomic mass is 10.3. The number of benzene rings is 1.